The van der Waals surface area contributed by atoms with Gasteiger partial charge in [0.2, 0.25) is 5.78 Å². The van der Waals surface area contributed by atoms with Crippen LogP contribution in [-0.4, -0.2) is 49.0 Å². The molecule has 0 unspecified atom stereocenters. The zero-order valence-corrected chi connectivity index (χ0v) is 22.1. The zero-order valence-electron chi connectivity index (χ0n) is 21.3. The molecule has 0 saturated carbocycles. The van der Waals surface area contributed by atoms with Crippen LogP contribution in [0, 0.1) is 13.8 Å². The maximum Gasteiger partial charge on any atom is 0.335 e. The molecule has 200 valence electrons. The molecule has 0 saturated heterocycles. The van der Waals surface area contributed by atoms with Crippen molar-refractivity contribution in [2.45, 2.75) is 18.7 Å². The summed E-state index contributed by atoms with van der Waals surface area (Å²) in [6.07, 6.45) is 1.28. The van der Waals surface area contributed by atoms with E-state index in [1.54, 1.807) is 30.3 Å². The largest absolute Gasteiger partial charge is 0.478 e. The lowest BCUT2D eigenvalue weighted by Crippen LogP contribution is -2.19. The molecule has 0 aliphatic carbocycles. The molecule has 0 aliphatic heterocycles. The maximum atomic E-state index is 13.9. The van der Waals surface area contributed by atoms with Crippen LogP contribution >= 0.6 is 0 Å². The van der Waals surface area contributed by atoms with Crippen molar-refractivity contribution in [3.63, 3.8) is 0 Å². The van der Waals surface area contributed by atoms with Crippen molar-refractivity contribution in [2.24, 2.45) is 0 Å². The molecule has 6 aromatic rings. The molecule has 0 spiro atoms. The number of hydrogen-bond donors (Lipinski definition) is 3. The van der Waals surface area contributed by atoms with Gasteiger partial charge >= 0.3 is 5.97 Å². The van der Waals surface area contributed by atoms with Gasteiger partial charge in [0.15, 0.2) is 0 Å². The van der Waals surface area contributed by atoms with Gasteiger partial charge in [-0.15, -0.1) is 0 Å². The van der Waals surface area contributed by atoms with Gasteiger partial charge in [0.05, 0.1) is 44.5 Å². The second kappa shape index (κ2) is 8.92. The van der Waals surface area contributed by atoms with E-state index in [0.717, 1.165) is 26.4 Å². The normalized spacial score (nSPS) is 11.8. The number of imidazole rings is 1. The van der Waals surface area contributed by atoms with Gasteiger partial charge < -0.3 is 15.8 Å². The second-order valence-corrected chi connectivity index (χ2v) is 11.2. The van der Waals surface area contributed by atoms with Gasteiger partial charge in [0.25, 0.3) is 10.0 Å². The van der Waals surface area contributed by atoms with Crippen LogP contribution in [0.5, 0.6) is 0 Å². The van der Waals surface area contributed by atoms with E-state index in [2.05, 4.69) is 15.1 Å². The summed E-state index contributed by atoms with van der Waals surface area (Å²) in [5.41, 5.74) is 9.23. The Morgan fingerprint density at radius 2 is 1.73 bits per heavy atom. The van der Waals surface area contributed by atoms with Crippen molar-refractivity contribution in [1.29, 1.82) is 0 Å². The lowest BCUT2D eigenvalue weighted by atomic mass is 10.1. The molecule has 0 radical (unpaired) electrons. The highest BCUT2D eigenvalue weighted by Crippen LogP contribution is 2.30. The number of nitrogens with two attached hydrogens (primary N) is 1. The summed E-state index contributed by atoms with van der Waals surface area (Å²) < 4.78 is 30.0. The minimum atomic E-state index is -4.27. The molecule has 0 bridgehead atoms. The van der Waals surface area contributed by atoms with E-state index in [9.17, 15) is 23.1 Å². The summed E-state index contributed by atoms with van der Waals surface area (Å²) >= 11 is 0. The van der Waals surface area contributed by atoms with Crippen molar-refractivity contribution in [2.75, 3.05) is 5.73 Å². The number of nitrogens with one attached hydrogen (secondary N) is 1. The van der Waals surface area contributed by atoms with Crippen LogP contribution in [0.4, 0.5) is 5.82 Å². The summed E-state index contributed by atoms with van der Waals surface area (Å²) in [6, 6.07) is 16.9. The van der Waals surface area contributed by atoms with E-state index < -0.39 is 21.8 Å². The molecule has 3 heterocycles. The minimum Gasteiger partial charge on any atom is -0.478 e. The molecule has 0 amide bonds. The Bertz CT molecular complexity index is 2100. The summed E-state index contributed by atoms with van der Waals surface area (Å²) in [4.78, 5) is 33.0. The average Bonchev–Trinajstić information content (AvgIpc) is 3.61. The third-order valence-electron chi connectivity index (χ3n) is 6.68. The van der Waals surface area contributed by atoms with Crippen LogP contribution < -0.4 is 5.73 Å². The number of aromatic carboxylic acids is 1. The monoisotopic (exact) mass is 554 g/mol. The quantitative estimate of drug-likeness (QED) is 0.259. The number of ketones is 1. The molecule has 12 heteroatoms. The van der Waals surface area contributed by atoms with Crippen molar-refractivity contribution in [3.05, 3.63) is 101 Å². The molecule has 3 aromatic heterocycles. The number of rotatable bonds is 6. The van der Waals surface area contributed by atoms with E-state index in [-0.39, 0.29) is 38.4 Å². The Balaban J connectivity index is 1.52. The molecular formula is C28H22N6O5S. The van der Waals surface area contributed by atoms with Crippen molar-refractivity contribution in [3.8, 4) is 5.69 Å². The predicted molar refractivity (Wildman–Crippen MR) is 148 cm³/mol. The second-order valence-electron chi connectivity index (χ2n) is 9.40. The molecule has 0 aliphatic rings. The molecule has 4 N–H and O–H groups in total. The van der Waals surface area contributed by atoms with Crippen molar-refractivity contribution < 1.29 is 23.1 Å². The smallest absolute Gasteiger partial charge is 0.335 e. The molecule has 3 aromatic carbocycles. The zero-order chi connectivity index (χ0) is 28.3. The van der Waals surface area contributed by atoms with E-state index in [1.165, 1.54) is 47.3 Å². The lowest BCUT2D eigenvalue weighted by molar-refractivity contribution is 0.0697. The summed E-state index contributed by atoms with van der Waals surface area (Å²) in [7, 11) is -4.27. The van der Waals surface area contributed by atoms with Gasteiger partial charge in [0.1, 0.15) is 17.3 Å². The van der Waals surface area contributed by atoms with Crippen molar-refractivity contribution in [1.82, 2.24) is 23.7 Å². The standard InChI is InChI=1S/C28H22N6O5S/c1-15-3-7-20(8-4-15)40(38,39)34-24-10-5-17(28(36)37)11-18(24)12-25(34)26(35)21-14-30-33(27(21)29)19-6-9-22-23(13-19)32-16(2)31-22/h3-14H,29H2,1-2H3,(H,31,32)(H,36,37). The van der Waals surface area contributed by atoms with Crippen LogP contribution in [0.1, 0.15) is 37.8 Å². The van der Waals surface area contributed by atoms with Gasteiger partial charge in [-0.25, -0.2) is 26.9 Å². The molecule has 0 fully saturated rings. The number of nitrogen functional groups attached to an aromatic ring is 1. The fourth-order valence-electron chi connectivity index (χ4n) is 4.69. The first-order valence-corrected chi connectivity index (χ1v) is 13.5. The molecular weight excluding hydrogens is 532 g/mol. The van der Waals surface area contributed by atoms with E-state index in [1.807, 2.05) is 13.8 Å². The number of fused-ring (bicyclic) bond motifs is 2. The number of nitrogens with zero attached hydrogens (tertiary/aromatic N) is 4. The van der Waals surface area contributed by atoms with Gasteiger partial charge in [-0.1, -0.05) is 17.7 Å². The number of aromatic nitrogens is 5. The number of anilines is 1. The highest BCUT2D eigenvalue weighted by molar-refractivity contribution is 7.90. The Hall–Kier alpha value is -5.23. The highest BCUT2D eigenvalue weighted by atomic mass is 32.2. The number of carbonyl (C=O) groups is 2. The van der Waals surface area contributed by atoms with E-state index in [0.29, 0.717) is 5.69 Å². The number of benzene rings is 3. The first-order chi connectivity index (χ1) is 19.0. The first-order valence-electron chi connectivity index (χ1n) is 12.1. The van der Waals surface area contributed by atoms with Gasteiger partial charge in [-0.3, -0.25) is 4.79 Å². The molecule has 11 nitrogen and oxygen atoms in total. The fourth-order valence-corrected chi connectivity index (χ4v) is 6.20. The Morgan fingerprint density at radius 1 is 0.975 bits per heavy atom. The van der Waals surface area contributed by atoms with Gasteiger partial charge in [-0.2, -0.15) is 5.10 Å². The van der Waals surface area contributed by atoms with Crippen LogP contribution in [0.3, 0.4) is 0 Å². The highest BCUT2D eigenvalue weighted by Gasteiger charge is 2.29. The maximum absolute atomic E-state index is 13.9. The summed E-state index contributed by atoms with van der Waals surface area (Å²) in [6.45, 7) is 3.66. The average molecular weight is 555 g/mol. The first kappa shape index (κ1) is 25.1. The van der Waals surface area contributed by atoms with Gasteiger partial charge in [0, 0.05) is 5.39 Å². The Morgan fingerprint density at radius 3 is 2.45 bits per heavy atom. The fraction of sp³-hybridized carbons (Fsp3) is 0.0714. The number of carboxylic acid groups (broad SMARTS) is 1. The van der Waals surface area contributed by atoms with E-state index >= 15 is 0 Å². The van der Waals surface area contributed by atoms with Crippen LogP contribution in [0.15, 0.2) is 77.8 Å². The summed E-state index contributed by atoms with van der Waals surface area (Å²) in [5, 5.41) is 14.0. The van der Waals surface area contributed by atoms with Crippen LogP contribution in [0.25, 0.3) is 27.6 Å². The number of carboxylic acids is 1. The Kier molecular flexibility index (Phi) is 5.59. The van der Waals surface area contributed by atoms with E-state index in [4.69, 9.17) is 5.73 Å². The van der Waals surface area contributed by atoms with Crippen molar-refractivity contribution >= 4 is 49.5 Å². The Labute approximate surface area is 227 Å². The minimum absolute atomic E-state index is 0.0105. The van der Waals surface area contributed by atoms with Crippen LogP contribution in [-0.2, 0) is 10.0 Å². The molecule has 6 rings (SSSR count). The number of hydrogen-bond acceptors (Lipinski definition) is 7. The SMILES string of the molecule is Cc1ccc(S(=O)(=O)n2c(C(=O)c3cnn(-c4ccc5nc(C)[nH]c5c4)c3N)cc3cc(C(=O)O)ccc32)cc1. The van der Waals surface area contributed by atoms with Crippen LogP contribution in [0.2, 0.25) is 0 Å². The number of carbonyl (C=O) groups excluding carboxylic acids is 1. The number of aryl methyl sites for hydroxylation is 2. The molecule has 0 atom stereocenters. The topological polar surface area (TPSA) is 166 Å². The van der Waals surface area contributed by atoms with Gasteiger partial charge in [-0.05, 0) is 68.4 Å². The predicted octanol–water partition coefficient (Wildman–Crippen LogP) is 4.07. The third-order valence-corrected chi connectivity index (χ3v) is 8.42. The lowest BCUT2D eigenvalue weighted by Gasteiger charge is -2.12. The number of H-pyrrole nitrogens is 1. The number of aromatic amines is 1. The summed E-state index contributed by atoms with van der Waals surface area (Å²) in [5.74, 6) is -1.12. The molecule has 40 heavy (non-hydrogen) atoms. The third kappa shape index (κ3) is 3.93.